The van der Waals surface area contributed by atoms with Crippen LogP contribution < -0.4 is 14.2 Å². The van der Waals surface area contributed by atoms with Crippen molar-refractivity contribution in [2.75, 3.05) is 13.2 Å². The van der Waals surface area contributed by atoms with Gasteiger partial charge in [0.1, 0.15) is 5.75 Å². The number of carbonyl (C=O) groups is 1. The molecule has 0 aliphatic carbocycles. The van der Waals surface area contributed by atoms with E-state index in [0.717, 1.165) is 12.8 Å². The van der Waals surface area contributed by atoms with Gasteiger partial charge in [0.15, 0.2) is 11.5 Å². The molecular formula is C41H66O4. The Morgan fingerprint density at radius 3 is 1.31 bits per heavy atom. The number of rotatable bonds is 30. The van der Waals surface area contributed by atoms with E-state index in [-0.39, 0.29) is 5.97 Å². The molecule has 0 radical (unpaired) electrons. The summed E-state index contributed by atoms with van der Waals surface area (Å²) in [6, 6.07) is 14.6. The highest BCUT2D eigenvalue weighted by Gasteiger charge is 2.14. The maximum Gasteiger partial charge on any atom is 0.343 e. The highest BCUT2D eigenvalue weighted by Crippen LogP contribution is 2.30. The van der Waals surface area contributed by atoms with Crippen molar-refractivity contribution in [3.63, 3.8) is 0 Å². The number of hydrogen-bond acceptors (Lipinski definition) is 4. The minimum atomic E-state index is -0.385. The first-order valence-corrected chi connectivity index (χ1v) is 18.9. The fraction of sp³-hybridized carbons (Fsp3) is 0.683. The van der Waals surface area contributed by atoms with Crippen LogP contribution in [-0.2, 0) is 0 Å². The van der Waals surface area contributed by atoms with Crippen LogP contribution in [0.15, 0.2) is 48.5 Å². The van der Waals surface area contributed by atoms with Crippen molar-refractivity contribution in [3.05, 3.63) is 54.1 Å². The maximum absolute atomic E-state index is 12.8. The Hall–Kier alpha value is -2.49. The van der Waals surface area contributed by atoms with Gasteiger partial charge in [-0.25, -0.2) is 4.79 Å². The quantitative estimate of drug-likeness (QED) is 0.0494. The van der Waals surface area contributed by atoms with E-state index in [9.17, 15) is 4.79 Å². The maximum atomic E-state index is 12.8. The summed E-state index contributed by atoms with van der Waals surface area (Å²) in [7, 11) is 0. The molecule has 0 N–H and O–H groups in total. The van der Waals surface area contributed by atoms with E-state index >= 15 is 0 Å². The van der Waals surface area contributed by atoms with Crippen LogP contribution >= 0.6 is 0 Å². The SMILES string of the molecule is CCCCCCCCCCCCCCOc1ccc(C(=O)Oc2ccccc2)cc1OCCCCCCCCCCCCCC. The number of hydrogen-bond donors (Lipinski definition) is 0. The van der Waals surface area contributed by atoms with Crippen molar-refractivity contribution >= 4 is 5.97 Å². The summed E-state index contributed by atoms with van der Waals surface area (Å²) in [4.78, 5) is 12.8. The molecule has 0 aliphatic heterocycles. The third-order valence-corrected chi connectivity index (χ3v) is 8.64. The van der Waals surface area contributed by atoms with Crippen LogP contribution in [-0.4, -0.2) is 19.2 Å². The molecule has 0 amide bonds. The first kappa shape index (κ1) is 38.7. The third kappa shape index (κ3) is 20.3. The van der Waals surface area contributed by atoms with Crippen molar-refractivity contribution < 1.29 is 19.0 Å². The number of unbranched alkanes of at least 4 members (excludes halogenated alkanes) is 22. The van der Waals surface area contributed by atoms with Gasteiger partial charge in [-0.05, 0) is 43.2 Å². The predicted octanol–water partition coefficient (Wildman–Crippen LogP) is 13.1. The zero-order valence-electron chi connectivity index (χ0n) is 29.1. The molecule has 0 unspecified atom stereocenters. The van der Waals surface area contributed by atoms with E-state index in [1.807, 2.05) is 24.3 Å². The first-order chi connectivity index (χ1) is 22.2. The molecule has 2 aromatic carbocycles. The monoisotopic (exact) mass is 622 g/mol. The summed E-state index contributed by atoms with van der Waals surface area (Å²) < 4.78 is 17.9. The van der Waals surface area contributed by atoms with Crippen LogP contribution in [0.25, 0.3) is 0 Å². The van der Waals surface area contributed by atoms with Crippen LogP contribution in [0.4, 0.5) is 0 Å². The summed E-state index contributed by atoms with van der Waals surface area (Å²) in [5.74, 6) is 1.51. The lowest BCUT2D eigenvalue weighted by Crippen LogP contribution is -2.10. The number of carbonyl (C=O) groups excluding carboxylic acids is 1. The highest BCUT2D eigenvalue weighted by atomic mass is 16.5. The van der Waals surface area contributed by atoms with Crippen LogP contribution in [0.1, 0.15) is 178 Å². The predicted molar refractivity (Wildman–Crippen MR) is 191 cm³/mol. The molecule has 0 saturated carbocycles. The molecule has 0 fully saturated rings. The molecule has 0 spiro atoms. The zero-order valence-corrected chi connectivity index (χ0v) is 29.1. The van der Waals surface area contributed by atoms with Crippen molar-refractivity contribution in [1.29, 1.82) is 0 Å². The van der Waals surface area contributed by atoms with Crippen molar-refractivity contribution in [2.45, 2.75) is 168 Å². The zero-order chi connectivity index (χ0) is 32.0. The lowest BCUT2D eigenvalue weighted by molar-refractivity contribution is 0.0734. The Kier molecular flexibility index (Phi) is 23.9. The smallest absolute Gasteiger partial charge is 0.343 e. The van der Waals surface area contributed by atoms with Gasteiger partial charge in [0, 0.05) is 0 Å². The van der Waals surface area contributed by atoms with E-state index in [1.54, 1.807) is 24.3 Å². The normalized spacial score (nSPS) is 11.1. The van der Waals surface area contributed by atoms with Gasteiger partial charge in [-0.15, -0.1) is 0 Å². The van der Waals surface area contributed by atoms with Gasteiger partial charge in [-0.3, -0.25) is 0 Å². The van der Waals surface area contributed by atoms with Crippen LogP contribution in [0, 0.1) is 0 Å². The summed E-state index contributed by atoms with van der Waals surface area (Å²) in [6.07, 6.45) is 31.6. The van der Waals surface area contributed by atoms with Gasteiger partial charge in [0.2, 0.25) is 0 Å². The summed E-state index contributed by atoms with van der Waals surface area (Å²) in [6.45, 7) is 5.85. The van der Waals surface area contributed by atoms with Crippen molar-refractivity contribution in [3.8, 4) is 17.2 Å². The third-order valence-electron chi connectivity index (χ3n) is 8.64. The van der Waals surface area contributed by atoms with Gasteiger partial charge >= 0.3 is 5.97 Å². The molecule has 0 aromatic heterocycles. The lowest BCUT2D eigenvalue weighted by atomic mass is 10.1. The molecule has 2 rings (SSSR count). The van der Waals surface area contributed by atoms with Crippen LogP contribution in [0.5, 0.6) is 17.2 Å². The molecule has 0 bridgehead atoms. The Labute approximate surface area is 277 Å². The average Bonchev–Trinajstić information content (AvgIpc) is 3.06. The molecular weight excluding hydrogens is 556 g/mol. The van der Waals surface area contributed by atoms with Gasteiger partial charge in [-0.1, -0.05) is 173 Å². The topological polar surface area (TPSA) is 44.8 Å². The van der Waals surface area contributed by atoms with E-state index in [4.69, 9.17) is 14.2 Å². The minimum Gasteiger partial charge on any atom is -0.490 e. The second-order valence-corrected chi connectivity index (χ2v) is 12.8. The Balaban J connectivity index is 1.69. The molecule has 45 heavy (non-hydrogen) atoms. The number of para-hydroxylation sites is 1. The Morgan fingerprint density at radius 2 is 0.867 bits per heavy atom. The summed E-state index contributed by atoms with van der Waals surface area (Å²) in [5, 5.41) is 0. The van der Waals surface area contributed by atoms with Gasteiger partial charge in [0.05, 0.1) is 18.8 Å². The van der Waals surface area contributed by atoms with Gasteiger partial charge in [-0.2, -0.15) is 0 Å². The standard InChI is InChI=1S/C41H66O4/c1-3-5-7-9-11-13-15-17-19-21-23-28-34-43-39-33-32-37(41(42)45-38-30-26-25-27-31-38)36-40(39)44-35-29-24-22-20-18-16-14-12-10-8-6-4-2/h25-27,30-33,36H,3-24,28-29,34-35H2,1-2H3. The molecule has 0 saturated heterocycles. The molecule has 0 heterocycles. The largest absolute Gasteiger partial charge is 0.490 e. The van der Waals surface area contributed by atoms with Crippen LogP contribution in [0.3, 0.4) is 0 Å². The van der Waals surface area contributed by atoms with Gasteiger partial charge in [0.25, 0.3) is 0 Å². The number of esters is 1. The van der Waals surface area contributed by atoms with Gasteiger partial charge < -0.3 is 14.2 Å². The fourth-order valence-corrected chi connectivity index (χ4v) is 5.77. The average molecular weight is 623 g/mol. The Bertz CT molecular complexity index is 957. The molecule has 254 valence electrons. The minimum absolute atomic E-state index is 0.385. The second-order valence-electron chi connectivity index (χ2n) is 12.8. The van der Waals surface area contributed by atoms with E-state index in [0.29, 0.717) is 36.0 Å². The second kappa shape index (κ2) is 27.8. The molecule has 4 heteroatoms. The molecule has 0 atom stereocenters. The van der Waals surface area contributed by atoms with Crippen LogP contribution in [0.2, 0.25) is 0 Å². The first-order valence-electron chi connectivity index (χ1n) is 18.9. The lowest BCUT2D eigenvalue weighted by Gasteiger charge is -2.14. The van der Waals surface area contributed by atoms with Crippen molar-refractivity contribution in [1.82, 2.24) is 0 Å². The fourth-order valence-electron chi connectivity index (χ4n) is 5.77. The van der Waals surface area contributed by atoms with E-state index in [2.05, 4.69) is 13.8 Å². The number of benzene rings is 2. The molecule has 2 aromatic rings. The number of ether oxygens (including phenoxy) is 3. The van der Waals surface area contributed by atoms with Crippen molar-refractivity contribution in [2.24, 2.45) is 0 Å². The Morgan fingerprint density at radius 1 is 0.467 bits per heavy atom. The summed E-state index contributed by atoms with van der Waals surface area (Å²) in [5.41, 5.74) is 0.473. The molecule has 0 aliphatic rings. The highest BCUT2D eigenvalue weighted by molar-refractivity contribution is 5.91. The van der Waals surface area contributed by atoms with E-state index in [1.165, 1.54) is 141 Å². The van der Waals surface area contributed by atoms with E-state index < -0.39 is 0 Å². The summed E-state index contributed by atoms with van der Waals surface area (Å²) >= 11 is 0. The molecule has 4 nitrogen and oxygen atoms in total.